The number of amides is 1. The molecule has 4 nitrogen and oxygen atoms in total. The van der Waals surface area contributed by atoms with E-state index in [1.807, 2.05) is 13.0 Å². The molecule has 0 radical (unpaired) electrons. The largest absolute Gasteiger partial charge is 0.482 e. The van der Waals surface area contributed by atoms with Crippen LogP contribution in [-0.4, -0.2) is 12.5 Å². The van der Waals surface area contributed by atoms with Crippen LogP contribution in [0.25, 0.3) is 0 Å². The van der Waals surface area contributed by atoms with Crippen molar-refractivity contribution in [1.29, 1.82) is 0 Å². The van der Waals surface area contributed by atoms with Crippen LogP contribution < -0.4 is 15.8 Å². The number of nitrogens with two attached hydrogens (primary N) is 1. The van der Waals surface area contributed by atoms with Crippen LogP contribution in [0.3, 0.4) is 0 Å². The topological polar surface area (TPSA) is 64.3 Å². The van der Waals surface area contributed by atoms with Gasteiger partial charge in [0.2, 0.25) is 0 Å². The van der Waals surface area contributed by atoms with Gasteiger partial charge in [-0.05, 0) is 42.8 Å². The Morgan fingerprint density at radius 3 is 2.62 bits per heavy atom. The molecule has 2 rings (SSSR count). The molecule has 110 valence electrons. The number of ether oxygens (including phenoxy) is 1. The first kappa shape index (κ1) is 15.5. The minimum atomic E-state index is -0.312. The predicted octanol–water partition coefficient (Wildman–Crippen LogP) is 3.90. The minimum absolute atomic E-state index is 0.148. The number of nitrogen functional groups attached to an aromatic ring is 1. The molecule has 0 atom stereocenters. The second kappa shape index (κ2) is 6.70. The third-order valence-corrected chi connectivity index (χ3v) is 3.37. The summed E-state index contributed by atoms with van der Waals surface area (Å²) in [6.45, 7) is 1.78. The number of aryl methyl sites for hydroxylation is 1. The summed E-state index contributed by atoms with van der Waals surface area (Å²) in [6, 6.07) is 10.2. The molecule has 2 aromatic rings. The fraction of sp³-hybridized carbons (Fsp3) is 0.133. The Morgan fingerprint density at radius 2 is 1.95 bits per heavy atom. The molecule has 0 aliphatic rings. The number of hydrogen-bond acceptors (Lipinski definition) is 3. The molecule has 0 heterocycles. The molecule has 0 saturated heterocycles. The van der Waals surface area contributed by atoms with Gasteiger partial charge in [-0.15, -0.1) is 0 Å². The summed E-state index contributed by atoms with van der Waals surface area (Å²) in [5, 5.41) is 3.58. The maximum atomic E-state index is 11.8. The van der Waals surface area contributed by atoms with E-state index in [1.54, 1.807) is 30.3 Å². The lowest BCUT2D eigenvalue weighted by atomic mass is 10.2. The van der Waals surface area contributed by atoms with E-state index < -0.39 is 0 Å². The molecule has 0 fully saturated rings. The minimum Gasteiger partial charge on any atom is -0.482 e. The number of rotatable bonds is 4. The van der Waals surface area contributed by atoms with Crippen molar-refractivity contribution in [3.63, 3.8) is 0 Å². The quantitative estimate of drug-likeness (QED) is 0.838. The Kier molecular flexibility index (Phi) is 4.94. The van der Waals surface area contributed by atoms with Crippen LogP contribution in [-0.2, 0) is 4.79 Å². The summed E-state index contributed by atoms with van der Waals surface area (Å²) >= 11 is 11.8. The standard InChI is InChI=1S/C15H14Cl2N2O2/c1-9-2-5-14(12(17)6-9)21-8-15(20)19-10-3-4-11(16)13(18)7-10/h2-7H,8,18H2,1H3,(H,19,20). The smallest absolute Gasteiger partial charge is 0.262 e. The summed E-state index contributed by atoms with van der Waals surface area (Å²) in [7, 11) is 0. The highest BCUT2D eigenvalue weighted by Gasteiger charge is 2.07. The molecule has 0 bridgehead atoms. The molecule has 0 unspecified atom stereocenters. The van der Waals surface area contributed by atoms with Gasteiger partial charge in [0, 0.05) is 5.69 Å². The first-order chi connectivity index (χ1) is 9.95. The highest BCUT2D eigenvalue weighted by Crippen LogP contribution is 2.25. The number of hydrogen-bond donors (Lipinski definition) is 2. The molecule has 1 amide bonds. The average molecular weight is 325 g/mol. The van der Waals surface area contributed by atoms with E-state index in [4.69, 9.17) is 33.7 Å². The fourth-order valence-electron chi connectivity index (χ4n) is 1.68. The number of halogens is 2. The molecular weight excluding hydrogens is 311 g/mol. The summed E-state index contributed by atoms with van der Waals surface area (Å²) in [4.78, 5) is 11.8. The van der Waals surface area contributed by atoms with Crippen LogP contribution in [0.5, 0.6) is 5.75 Å². The van der Waals surface area contributed by atoms with Crippen LogP contribution in [0, 0.1) is 6.92 Å². The maximum Gasteiger partial charge on any atom is 0.262 e. The second-order valence-corrected chi connectivity index (χ2v) is 5.32. The van der Waals surface area contributed by atoms with E-state index in [0.29, 0.717) is 27.2 Å². The number of benzene rings is 2. The molecule has 3 N–H and O–H groups in total. The van der Waals surface area contributed by atoms with Gasteiger partial charge in [-0.25, -0.2) is 0 Å². The maximum absolute atomic E-state index is 11.8. The molecular formula is C15H14Cl2N2O2. The van der Waals surface area contributed by atoms with Crippen molar-refractivity contribution in [3.8, 4) is 5.75 Å². The third kappa shape index (κ3) is 4.28. The van der Waals surface area contributed by atoms with Crippen molar-refractivity contribution in [2.75, 3.05) is 17.7 Å². The lowest BCUT2D eigenvalue weighted by Gasteiger charge is -2.10. The molecule has 21 heavy (non-hydrogen) atoms. The van der Waals surface area contributed by atoms with Gasteiger partial charge in [0.05, 0.1) is 15.7 Å². The molecule has 0 aliphatic carbocycles. The second-order valence-electron chi connectivity index (χ2n) is 4.51. The SMILES string of the molecule is Cc1ccc(OCC(=O)Nc2ccc(Cl)c(N)c2)c(Cl)c1. The Morgan fingerprint density at radius 1 is 1.19 bits per heavy atom. The first-order valence-corrected chi connectivity index (χ1v) is 6.95. The van der Waals surface area contributed by atoms with Crippen molar-refractivity contribution in [1.82, 2.24) is 0 Å². The highest BCUT2D eigenvalue weighted by atomic mass is 35.5. The monoisotopic (exact) mass is 324 g/mol. The van der Waals surface area contributed by atoms with Gasteiger partial charge in [-0.1, -0.05) is 29.3 Å². The predicted molar refractivity (Wildman–Crippen MR) is 86.2 cm³/mol. The van der Waals surface area contributed by atoms with Crippen molar-refractivity contribution < 1.29 is 9.53 Å². The van der Waals surface area contributed by atoms with E-state index in [2.05, 4.69) is 5.32 Å². The van der Waals surface area contributed by atoms with Gasteiger partial charge in [0.1, 0.15) is 5.75 Å². The van der Waals surface area contributed by atoms with E-state index >= 15 is 0 Å². The van der Waals surface area contributed by atoms with Gasteiger partial charge >= 0.3 is 0 Å². The Balaban J connectivity index is 1.94. The van der Waals surface area contributed by atoms with Crippen molar-refractivity contribution in [3.05, 3.63) is 52.0 Å². The summed E-state index contributed by atoms with van der Waals surface area (Å²) in [5.41, 5.74) is 7.64. The molecule has 0 spiro atoms. The molecule has 0 saturated carbocycles. The van der Waals surface area contributed by atoms with Crippen LogP contribution in [0.15, 0.2) is 36.4 Å². The van der Waals surface area contributed by atoms with Crippen LogP contribution >= 0.6 is 23.2 Å². The normalized spacial score (nSPS) is 10.2. The lowest BCUT2D eigenvalue weighted by Crippen LogP contribution is -2.20. The molecule has 2 aromatic carbocycles. The number of carbonyl (C=O) groups is 1. The number of carbonyl (C=O) groups excluding carboxylic acids is 1. The average Bonchev–Trinajstić information content (AvgIpc) is 2.42. The summed E-state index contributed by atoms with van der Waals surface area (Å²) < 4.78 is 5.38. The summed E-state index contributed by atoms with van der Waals surface area (Å²) in [6.07, 6.45) is 0. The summed E-state index contributed by atoms with van der Waals surface area (Å²) in [5.74, 6) is 0.154. The van der Waals surface area contributed by atoms with Gasteiger partial charge in [0.15, 0.2) is 6.61 Å². The number of nitrogens with one attached hydrogen (secondary N) is 1. The molecule has 0 aliphatic heterocycles. The van der Waals surface area contributed by atoms with Crippen molar-refractivity contribution >= 4 is 40.5 Å². The van der Waals surface area contributed by atoms with E-state index in [1.165, 1.54) is 0 Å². The van der Waals surface area contributed by atoms with Crippen LogP contribution in [0.4, 0.5) is 11.4 Å². The van der Waals surface area contributed by atoms with E-state index in [-0.39, 0.29) is 12.5 Å². The molecule has 0 aromatic heterocycles. The van der Waals surface area contributed by atoms with Crippen molar-refractivity contribution in [2.24, 2.45) is 0 Å². The van der Waals surface area contributed by atoms with E-state index in [9.17, 15) is 4.79 Å². The van der Waals surface area contributed by atoms with Gasteiger partial charge in [-0.2, -0.15) is 0 Å². The van der Waals surface area contributed by atoms with Crippen LogP contribution in [0.2, 0.25) is 10.0 Å². The zero-order chi connectivity index (χ0) is 15.4. The number of anilines is 2. The highest BCUT2D eigenvalue weighted by molar-refractivity contribution is 6.33. The van der Waals surface area contributed by atoms with Gasteiger partial charge < -0.3 is 15.8 Å². The Bertz CT molecular complexity index is 675. The Labute approximate surface area is 132 Å². The zero-order valence-corrected chi connectivity index (χ0v) is 12.8. The third-order valence-electron chi connectivity index (χ3n) is 2.73. The fourth-order valence-corrected chi connectivity index (χ4v) is 2.09. The molecule has 6 heteroatoms. The van der Waals surface area contributed by atoms with Crippen LogP contribution in [0.1, 0.15) is 5.56 Å². The van der Waals surface area contributed by atoms with E-state index in [0.717, 1.165) is 5.56 Å². The zero-order valence-electron chi connectivity index (χ0n) is 11.3. The first-order valence-electron chi connectivity index (χ1n) is 6.19. The lowest BCUT2D eigenvalue weighted by molar-refractivity contribution is -0.118. The van der Waals surface area contributed by atoms with Gasteiger partial charge in [0.25, 0.3) is 5.91 Å². The van der Waals surface area contributed by atoms with Crippen molar-refractivity contribution in [2.45, 2.75) is 6.92 Å². The van der Waals surface area contributed by atoms with Gasteiger partial charge in [-0.3, -0.25) is 4.79 Å². The Hall–Kier alpha value is -1.91.